The Morgan fingerprint density at radius 3 is 2.63 bits per heavy atom. The molecule has 5 heteroatoms. The van der Waals surface area contributed by atoms with Crippen molar-refractivity contribution in [1.82, 2.24) is 4.90 Å². The molecule has 1 fully saturated rings. The van der Waals surface area contributed by atoms with Gasteiger partial charge in [-0.05, 0) is 30.5 Å². The maximum Gasteiger partial charge on any atom is 0.263 e. The molecule has 0 N–H and O–H groups in total. The number of piperazine rings is 1. The Bertz CT molecular complexity index is 800. The van der Waals surface area contributed by atoms with Crippen LogP contribution in [0.15, 0.2) is 48.5 Å². The van der Waals surface area contributed by atoms with Crippen LogP contribution in [-0.2, 0) is 22.6 Å². The molecule has 27 heavy (non-hydrogen) atoms. The van der Waals surface area contributed by atoms with E-state index in [4.69, 9.17) is 9.47 Å². The predicted molar refractivity (Wildman–Crippen MR) is 105 cm³/mol. The van der Waals surface area contributed by atoms with E-state index in [9.17, 15) is 4.79 Å². The van der Waals surface area contributed by atoms with E-state index in [0.29, 0.717) is 6.61 Å². The number of rotatable bonds is 4. The van der Waals surface area contributed by atoms with Gasteiger partial charge < -0.3 is 19.3 Å². The molecule has 2 aliphatic rings. The lowest BCUT2D eigenvalue weighted by Gasteiger charge is -2.38. The average Bonchev–Trinajstić information content (AvgIpc) is 2.74. The van der Waals surface area contributed by atoms with Gasteiger partial charge in [-0.15, -0.1) is 0 Å². The first kappa shape index (κ1) is 17.9. The van der Waals surface area contributed by atoms with Gasteiger partial charge in [0, 0.05) is 44.5 Å². The fraction of sp³-hybridized carbons (Fsp3) is 0.409. The van der Waals surface area contributed by atoms with Crippen molar-refractivity contribution >= 4 is 11.6 Å². The van der Waals surface area contributed by atoms with Gasteiger partial charge in [-0.25, -0.2) is 0 Å². The number of anilines is 1. The van der Waals surface area contributed by atoms with E-state index in [2.05, 4.69) is 29.2 Å². The Morgan fingerprint density at radius 2 is 1.81 bits per heavy atom. The number of nitrogens with zero attached hydrogens (tertiary/aromatic N) is 2. The summed E-state index contributed by atoms with van der Waals surface area (Å²) in [6.45, 7) is 3.71. The molecule has 142 valence electrons. The maximum atomic E-state index is 12.9. The monoisotopic (exact) mass is 366 g/mol. The molecule has 0 aliphatic carbocycles. The summed E-state index contributed by atoms with van der Waals surface area (Å²) in [4.78, 5) is 17.2. The Labute approximate surface area is 160 Å². The highest BCUT2D eigenvalue weighted by atomic mass is 16.5. The van der Waals surface area contributed by atoms with E-state index < -0.39 is 0 Å². The predicted octanol–water partition coefficient (Wildman–Crippen LogP) is 2.88. The number of fused-ring (bicyclic) bond motifs is 1. The van der Waals surface area contributed by atoms with Crippen LogP contribution < -0.4 is 9.64 Å². The molecule has 0 saturated carbocycles. The number of ether oxygens (including phenoxy) is 2. The van der Waals surface area contributed by atoms with Crippen LogP contribution in [0.2, 0.25) is 0 Å². The number of methoxy groups -OCH3 is 1. The second-order valence-corrected chi connectivity index (χ2v) is 7.13. The molecule has 1 amide bonds. The second-order valence-electron chi connectivity index (χ2n) is 7.13. The summed E-state index contributed by atoms with van der Waals surface area (Å²) < 4.78 is 11.3. The van der Waals surface area contributed by atoms with Crippen molar-refractivity contribution in [2.75, 3.05) is 38.2 Å². The smallest absolute Gasteiger partial charge is 0.263 e. The van der Waals surface area contributed by atoms with Gasteiger partial charge in [0.1, 0.15) is 5.75 Å². The molecule has 1 unspecified atom stereocenters. The summed E-state index contributed by atoms with van der Waals surface area (Å²) >= 11 is 0. The molecule has 2 aliphatic heterocycles. The fourth-order valence-corrected chi connectivity index (χ4v) is 3.97. The molecular weight excluding hydrogens is 340 g/mol. The minimum atomic E-state index is -0.354. The zero-order chi connectivity index (χ0) is 18.6. The molecule has 2 aromatic carbocycles. The molecule has 0 aromatic heterocycles. The highest BCUT2D eigenvalue weighted by Crippen LogP contribution is 2.28. The minimum absolute atomic E-state index is 0.120. The van der Waals surface area contributed by atoms with Crippen LogP contribution in [0.5, 0.6) is 5.75 Å². The van der Waals surface area contributed by atoms with Gasteiger partial charge in [-0.1, -0.05) is 36.4 Å². The van der Waals surface area contributed by atoms with E-state index >= 15 is 0 Å². The molecule has 0 bridgehead atoms. The highest BCUT2D eigenvalue weighted by Gasteiger charge is 2.31. The van der Waals surface area contributed by atoms with Gasteiger partial charge in [-0.2, -0.15) is 0 Å². The lowest BCUT2D eigenvalue weighted by Crippen LogP contribution is -2.53. The van der Waals surface area contributed by atoms with Crippen molar-refractivity contribution in [3.8, 4) is 5.75 Å². The first-order valence-electron chi connectivity index (χ1n) is 9.61. The summed E-state index contributed by atoms with van der Waals surface area (Å²) in [5.74, 6) is 0.976. The van der Waals surface area contributed by atoms with E-state index in [1.165, 1.54) is 16.8 Å². The lowest BCUT2D eigenvalue weighted by molar-refractivity contribution is -0.139. The van der Waals surface area contributed by atoms with Crippen molar-refractivity contribution < 1.29 is 14.3 Å². The van der Waals surface area contributed by atoms with Crippen molar-refractivity contribution in [2.45, 2.75) is 25.6 Å². The summed E-state index contributed by atoms with van der Waals surface area (Å²) in [7, 11) is 1.72. The van der Waals surface area contributed by atoms with Crippen LogP contribution in [0.4, 0.5) is 5.69 Å². The van der Waals surface area contributed by atoms with E-state index in [1.54, 1.807) is 7.11 Å². The molecular formula is C22H26N2O3. The van der Waals surface area contributed by atoms with E-state index in [1.807, 2.05) is 29.2 Å². The van der Waals surface area contributed by atoms with Crippen LogP contribution >= 0.6 is 0 Å². The van der Waals surface area contributed by atoms with E-state index in [0.717, 1.165) is 44.8 Å². The number of benzene rings is 2. The van der Waals surface area contributed by atoms with Crippen molar-refractivity contribution in [3.63, 3.8) is 0 Å². The molecule has 4 rings (SSSR count). The van der Waals surface area contributed by atoms with Crippen LogP contribution in [0, 0.1) is 0 Å². The molecule has 0 radical (unpaired) electrons. The summed E-state index contributed by atoms with van der Waals surface area (Å²) in [6.07, 6.45) is 1.30. The topological polar surface area (TPSA) is 42.0 Å². The van der Waals surface area contributed by atoms with Crippen LogP contribution in [-0.4, -0.2) is 50.2 Å². The van der Waals surface area contributed by atoms with Crippen LogP contribution in [0.3, 0.4) is 0 Å². The lowest BCUT2D eigenvalue weighted by atomic mass is 10.0. The molecule has 2 aromatic rings. The zero-order valence-electron chi connectivity index (χ0n) is 15.8. The number of aryl methyl sites for hydroxylation is 1. The summed E-state index contributed by atoms with van der Waals surface area (Å²) in [6, 6.07) is 16.3. The standard InChI is InChI=1S/C22H26N2O3/c1-26-16-18-7-2-4-8-19(18)23-12-14-24(15-13-23)22(25)21-11-10-17-6-3-5-9-20(17)27-21/h2-9,21H,10-16H2,1H3. The number of carbonyl (C=O) groups excluding carboxylic acids is 1. The van der Waals surface area contributed by atoms with Gasteiger partial charge in [0.05, 0.1) is 6.61 Å². The summed E-state index contributed by atoms with van der Waals surface area (Å²) in [5, 5.41) is 0. The third kappa shape index (κ3) is 3.78. The number of para-hydroxylation sites is 2. The van der Waals surface area contributed by atoms with Crippen LogP contribution in [0.25, 0.3) is 0 Å². The summed E-state index contributed by atoms with van der Waals surface area (Å²) in [5.41, 5.74) is 3.59. The minimum Gasteiger partial charge on any atom is -0.480 e. The third-order valence-corrected chi connectivity index (χ3v) is 5.42. The molecule has 5 nitrogen and oxygen atoms in total. The first-order valence-corrected chi connectivity index (χ1v) is 9.61. The Morgan fingerprint density at radius 1 is 1.07 bits per heavy atom. The molecule has 2 heterocycles. The van der Waals surface area contributed by atoms with Crippen molar-refractivity contribution in [2.24, 2.45) is 0 Å². The second kappa shape index (κ2) is 8.01. The molecule has 1 atom stereocenters. The SMILES string of the molecule is COCc1ccccc1N1CCN(C(=O)C2CCc3ccccc3O2)CC1. The van der Waals surface area contributed by atoms with Gasteiger partial charge in [0.2, 0.25) is 0 Å². The normalized spacial score (nSPS) is 19.4. The Hall–Kier alpha value is -2.53. The number of amides is 1. The number of carbonyl (C=O) groups is 1. The number of hydrogen-bond acceptors (Lipinski definition) is 4. The van der Waals surface area contributed by atoms with Crippen LogP contribution in [0.1, 0.15) is 17.5 Å². The number of hydrogen-bond donors (Lipinski definition) is 0. The first-order chi connectivity index (χ1) is 13.3. The zero-order valence-corrected chi connectivity index (χ0v) is 15.8. The highest BCUT2D eigenvalue weighted by molar-refractivity contribution is 5.82. The van der Waals surface area contributed by atoms with Gasteiger partial charge in [0.25, 0.3) is 5.91 Å². The maximum absolute atomic E-state index is 12.9. The molecule has 0 spiro atoms. The van der Waals surface area contributed by atoms with Crippen molar-refractivity contribution in [3.05, 3.63) is 59.7 Å². The van der Waals surface area contributed by atoms with Gasteiger partial charge in [-0.3, -0.25) is 4.79 Å². The molecule has 1 saturated heterocycles. The Balaban J connectivity index is 1.38. The van der Waals surface area contributed by atoms with Gasteiger partial charge >= 0.3 is 0 Å². The quantitative estimate of drug-likeness (QED) is 0.834. The average molecular weight is 366 g/mol. The van der Waals surface area contributed by atoms with Gasteiger partial charge in [0.15, 0.2) is 6.10 Å². The largest absolute Gasteiger partial charge is 0.480 e. The Kier molecular flexibility index (Phi) is 5.30. The van der Waals surface area contributed by atoms with E-state index in [-0.39, 0.29) is 12.0 Å². The third-order valence-electron chi connectivity index (χ3n) is 5.42. The fourth-order valence-electron chi connectivity index (χ4n) is 3.97. The van der Waals surface area contributed by atoms with Crippen molar-refractivity contribution in [1.29, 1.82) is 0 Å².